The zero-order valence-electron chi connectivity index (χ0n) is 11.3. The van der Waals surface area contributed by atoms with Gasteiger partial charge in [0.15, 0.2) is 0 Å². The van der Waals surface area contributed by atoms with Gasteiger partial charge in [-0.25, -0.2) is 0 Å². The second-order valence-electron chi connectivity index (χ2n) is 5.76. The van der Waals surface area contributed by atoms with Crippen molar-refractivity contribution in [2.45, 2.75) is 24.8 Å². The minimum absolute atomic E-state index is 0.711. The molecular formula is C18H18Si. The van der Waals surface area contributed by atoms with Gasteiger partial charge in [0, 0.05) is 10.2 Å². The van der Waals surface area contributed by atoms with Crippen LogP contribution in [0.5, 0.6) is 0 Å². The van der Waals surface area contributed by atoms with Gasteiger partial charge in [-0.05, 0) is 58.2 Å². The van der Waals surface area contributed by atoms with Crippen LogP contribution in [-0.4, -0.2) is 10.2 Å². The molecular weight excluding hydrogens is 244 g/mol. The highest BCUT2D eigenvalue weighted by Gasteiger charge is 2.24. The molecule has 0 saturated heterocycles. The van der Waals surface area contributed by atoms with E-state index in [-0.39, 0.29) is 0 Å². The normalized spacial score (nSPS) is 19.7. The Morgan fingerprint density at radius 3 is 2.74 bits per heavy atom. The van der Waals surface area contributed by atoms with Crippen molar-refractivity contribution in [1.29, 1.82) is 0 Å². The molecule has 4 rings (SSSR count). The fourth-order valence-corrected chi connectivity index (χ4v) is 4.29. The monoisotopic (exact) mass is 262 g/mol. The number of benzene rings is 2. The average Bonchev–Trinajstić information content (AvgIpc) is 3.05. The summed E-state index contributed by atoms with van der Waals surface area (Å²) in [7, 11) is 1.22. The van der Waals surface area contributed by atoms with E-state index in [0.717, 1.165) is 0 Å². The molecule has 0 aliphatic heterocycles. The van der Waals surface area contributed by atoms with Crippen molar-refractivity contribution in [3.63, 3.8) is 0 Å². The Hall–Kier alpha value is -1.60. The first-order valence-corrected chi connectivity index (χ1v) is 8.42. The fourth-order valence-electron chi connectivity index (χ4n) is 3.62. The molecule has 2 aromatic rings. The molecule has 0 saturated carbocycles. The van der Waals surface area contributed by atoms with Crippen molar-refractivity contribution >= 4 is 16.3 Å². The number of fused-ring (bicyclic) bond motifs is 2. The molecule has 0 radical (unpaired) electrons. The summed E-state index contributed by atoms with van der Waals surface area (Å²) < 4.78 is 0. The van der Waals surface area contributed by atoms with Crippen LogP contribution < -0.4 is 0 Å². The minimum Gasteiger partial charge on any atom is -0.0801 e. The van der Waals surface area contributed by atoms with Crippen molar-refractivity contribution in [2.24, 2.45) is 0 Å². The van der Waals surface area contributed by atoms with Crippen LogP contribution in [0.1, 0.15) is 34.2 Å². The molecule has 0 aromatic heterocycles. The van der Waals surface area contributed by atoms with Gasteiger partial charge in [0.2, 0.25) is 0 Å². The summed E-state index contributed by atoms with van der Waals surface area (Å²) in [6.45, 7) is 0. The summed E-state index contributed by atoms with van der Waals surface area (Å²) in [5, 5.41) is 0. The van der Waals surface area contributed by atoms with E-state index in [9.17, 15) is 0 Å². The van der Waals surface area contributed by atoms with Crippen molar-refractivity contribution in [3.8, 4) is 11.1 Å². The zero-order chi connectivity index (χ0) is 12.8. The predicted molar refractivity (Wildman–Crippen MR) is 85.6 cm³/mol. The Morgan fingerprint density at radius 1 is 1.05 bits per heavy atom. The molecule has 0 nitrogen and oxygen atoms in total. The molecule has 1 heteroatoms. The molecule has 1 atom stereocenters. The Balaban J connectivity index is 2.04. The quantitative estimate of drug-likeness (QED) is 0.692. The van der Waals surface area contributed by atoms with E-state index >= 15 is 0 Å². The lowest BCUT2D eigenvalue weighted by atomic mass is 9.89. The van der Waals surface area contributed by atoms with Crippen LogP contribution in [0.3, 0.4) is 0 Å². The van der Waals surface area contributed by atoms with Crippen LogP contribution >= 0.6 is 0 Å². The van der Waals surface area contributed by atoms with Gasteiger partial charge in [0.05, 0.1) is 0 Å². The minimum atomic E-state index is 0.711. The van der Waals surface area contributed by atoms with E-state index < -0.39 is 0 Å². The van der Waals surface area contributed by atoms with Crippen LogP contribution in [0.15, 0.2) is 42.5 Å². The van der Waals surface area contributed by atoms with Gasteiger partial charge in [-0.1, -0.05) is 48.6 Å². The smallest absolute Gasteiger partial charge is 0.0171 e. The van der Waals surface area contributed by atoms with Crippen molar-refractivity contribution in [3.05, 3.63) is 64.7 Å². The van der Waals surface area contributed by atoms with E-state index in [1.807, 2.05) is 0 Å². The van der Waals surface area contributed by atoms with E-state index in [1.54, 1.807) is 16.7 Å². The first-order chi connectivity index (χ1) is 9.34. The lowest BCUT2D eigenvalue weighted by molar-refractivity contribution is 0.912. The number of allylic oxidation sites excluding steroid dienone is 1. The molecule has 0 N–H and O–H groups in total. The number of rotatable bonds is 1. The van der Waals surface area contributed by atoms with Gasteiger partial charge in [-0.2, -0.15) is 0 Å². The molecule has 2 aliphatic carbocycles. The maximum Gasteiger partial charge on any atom is 0.0171 e. The highest BCUT2D eigenvalue weighted by molar-refractivity contribution is 6.16. The van der Waals surface area contributed by atoms with E-state index in [0.29, 0.717) is 5.54 Å². The number of hydrogen-bond acceptors (Lipinski definition) is 0. The first kappa shape index (κ1) is 11.2. The molecule has 0 amide bonds. The molecule has 0 fully saturated rings. The number of aryl methyl sites for hydroxylation is 1. The van der Waals surface area contributed by atoms with E-state index in [4.69, 9.17) is 0 Å². The molecule has 2 aromatic carbocycles. The van der Waals surface area contributed by atoms with Crippen LogP contribution in [0.4, 0.5) is 0 Å². The first-order valence-electron chi connectivity index (χ1n) is 7.27. The lowest BCUT2D eigenvalue weighted by Crippen LogP contribution is -1.99. The highest BCUT2D eigenvalue weighted by Crippen LogP contribution is 2.42. The maximum absolute atomic E-state index is 2.50. The fraction of sp³-hybridized carbons (Fsp3) is 0.222. The van der Waals surface area contributed by atoms with Crippen molar-refractivity contribution in [2.75, 3.05) is 0 Å². The summed E-state index contributed by atoms with van der Waals surface area (Å²) >= 11 is 0. The highest BCUT2D eigenvalue weighted by atomic mass is 28.1. The van der Waals surface area contributed by atoms with Crippen molar-refractivity contribution in [1.82, 2.24) is 0 Å². The third-order valence-corrected chi connectivity index (χ3v) is 5.58. The van der Waals surface area contributed by atoms with E-state index in [1.165, 1.54) is 46.2 Å². The SMILES string of the molecule is [SiH3]C1C=Cc2c1cc1c(c2-c2ccccc2)CCC1. The predicted octanol–water partition coefficient (Wildman–Crippen LogP) is 3.28. The molecule has 1 unspecified atom stereocenters. The molecule has 0 spiro atoms. The Bertz CT molecular complexity index is 668. The lowest BCUT2D eigenvalue weighted by Gasteiger charge is -2.16. The molecule has 0 bridgehead atoms. The largest absolute Gasteiger partial charge is 0.0801 e. The Labute approximate surface area is 117 Å². The van der Waals surface area contributed by atoms with Crippen LogP contribution in [0.2, 0.25) is 0 Å². The Morgan fingerprint density at radius 2 is 1.89 bits per heavy atom. The molecule has 94 valence electrons. The van der Waals surface area contributed by atoms with Crippen molar-refractivity contribution < 1.29 is 0 Å². The standard InChI is InChI=1S/C18H18Si/c19-17-10-9-15-16(17)11-13-7-4-8-14(13)18(15)12-5-2-1-3-6-12/h1-3,5-6,9-11,17H,4,7-8H2,19H3. The number of hydrogen-bond donors (Lipinski definition) is 0. The average molecular weight is 262 g/mol. The van der Waals surface area contributed by atoms with Gasteiger partial charge < -0.3 is 0 Å². The summed E-state index contributed by atoms with van der Waals surface area (Å²) in [6.07, 6.45) is 8.63. The Kier molecular flexibility index (Phi) is 2.49. The zero-order valence-corrected chi connectivity index (χ0v) is 13.3. The summed E-state index contributed by atoms with van der Waals surface area (Å²) in [5.41, 5.74) is 9.96. The molecule has 0 heterocycles. The van der Waals surface area contributed by atoms with Gasteiger partial charge in [0.25, 0.3) is 0 Å². The summed E-state index contributed by atoms with van der Waals surface area (Å²) in [4.78, 5) is 0. The summed E-state index contributed by atoms with van der Waals surface area (Å²) in [6, 6.07) is 13.5. The third-order valence-electron chi connectivity index (χ3n) is 4.58. The second kappa shape index (κ2) is 4.21. The van der Waals surface area contributed by atoms with Crippen LogP contribution in [0, 0.1) is 0 Å². The molecule has 2 aliphatic rings. The van der Waals surface area contributed by atoms with Crippen LogP contribution in [0.25, 0.3) is 17.2 Å². The topological polar surface area (TPSA) is 0 Å². The molecule has 19 heavy (non-hydrogen) atoms. The van der Waals surface area contributed by atoms with Crippen LogP contribution in [-0.2, 0) is 12.8 Å². The van der Waals surface area contributed by atoms with Gasteiger partial charge in [-0.3, -0.25) is 0 Å². The van der Waals surface area contributed by atoms with Gasteiger partial charge >= 0.3 is 0 Å². The second-order valence-corrected chi connectivity index (χ2v) is 7.00. The van der Waals surface area contributed by atoms with Gasteiger partial charge in [-0.15, -0.1) is 0 Å². The maximum atomic E-state index is 2.50. The third kappa shape index (κ3) is 1.65. The van der Waals surface area contributed by atoms with E-state index in [2.05, 4.69) is 48.6 Å². The van der Waals surface area contributed by atoms with Gasteiger partial charge in [0.1, 0.15) is 0 Å². The summed E-state index contributed by atoms with van der Waals surface area (Å²) in [5.74, 6) is 0.